The first kappa shape index (κ1) is 18.6. The maximum absolute atomic E-state index is 12.8. The van der Waals surface area contributed by atoms with Gasteiger partial charge in [-0.15, -0.1) is 0 Å². The second-order valence-corrected chi connectivity index (χ2v) is 6.99. The van der Waals surface area contributed by atoms with E-state index in [4.69, 9.17) is 4.42 Å². The highest BCUT2D eigenvalue weighted by Crippen LogP contribution is 2.30. The zero-order chi connectivity index (χ0) is 20.4. The average molecular weight is 384 g/mol. The molecule has 0 aliphatic rings. The molecule has 4 rings (SSSR count). The molecule has 2 heterocycles. The lowest BCUT2D eigenvalue weighted by molar-refractivity contribution is 0.112. The number of nitrogens with zero attached hydrogens (tertiary/aromatic N) is 1. The van der Waals surface area contributed by atoms with Crippen LogP contribution in [0.5, 0.6) is 0 Å². The van der Waals surface area contributed by atoms with Crippen LogP contribution in [0.1, 0.15) is 34.5 Å². The first-order chi connectivity index (χ1) is 14.1. The van der Waals surface area contributed by atoms with Gasteiger partial charge in [-0.3, -0.25) is 14.6 Å². The normalized spacial score (nSPS) is 11.9. The van der Waals surface area contributed by atoms with Crippen molar-refractivity contribution in [2.45, 2.75) is 19.9 Å². The van der Waals surface area contributed by atoms with Crippen LogP contribution in [0.25, 0.3) is 22.4 Å². The van der Waals surface area contributed by atoms with E-state index >= 15 is 0 Å². The number of benzene rings is 2. The van der Waals surface area contributed by atoms with Crippen LogP contribution < -0.4 is 10.7 Å². The molecule has 0 amide bonds. The molecule has 144 valence electrons. The Labute approximate surface area is 168 Å². The lowest BCUT2D eigenvalue weighted by Gasteiger charge is -2.19. The van der Waals surface area contributed by atoms with E-state index in [0.29, 0.717) is 28.0 Å². The van der Waals surface area contributed by atoms with Crippen molar-refractivity contribution in [1.82, 2.24) is 4.98 Å². The van der Waals surface area contributed by atoms with E-state index in [1.807, 2.05) is 56.3 Å². The van der Waals surface area contributed by atoms with Gasteiger partial charge >= 0.3 is 0 Å². The predicted molar refractivity (Wildman–Crippen MR) is 114 cm³/mol. The molecule has 0 fully saturated rings. The van der Waals surface area contributed by atoms with Crippen molar-refractivity contribution in [2.24, 2.45) is 0 Å². The molecular weight excluding hydrogens is 364 g/mol. The van der Waals surface area contributed by atoms with Gasteiger partial charge in [-0.2, -0.15) is 0 Å². The van der Waals surface area contributed by atoms with Crippen molar-refractivity contribution < 1.29 is 9.21 Å². The Bertz CT molecular complexity index is 1250. The summed E-state index contributed by atoms with van der Waals surface area (Å²) in [4.78, 5) is 28.4. The SMILES string of the molecule is Cc1cc(C(C)Nc2ccccc2C=O)c2oc(-c3ccccn3)cc(=O)c2c1. The van der Waals surface area contributed by atoms with Gasteiger partial charge < -0.3 is 9.73 Å². The highest BCUT2D eigenvalue weighted by atomic mass is 16.3. The van der Waals surface area contributed by atoms with Gasteiger partial charge in [0.2, 0.25) is 0 Å². The summed E-state index contributed by atoms with van der Waals surface area (Å²) in [6.07, 6.45) is 2.48. The summed E-state index contributed by atoms with van der Waals surface area (Å²) in [6.45, 7) is 3.92. The van der Waals surface area contributed by atoms with Gasteiger partial charge in [0.1, 0.15) is 11.3 Å². The molecule has 5 heteroatoms. The summed E-state index contributed by atoms with van der Waals surface area (Å²) in [6, 6.07) is 17.9. The maximum Gasteiger partial charge on any atom is 0.193 e. The quantitative estimate of drug-likeness (QED) is 0.482. The molecule has 0 aliphatic heterocycles. The number of carbonyl (C=O) groups is 1. The molecule has 0 saturated carbocycles. The number of para-hydroxylation sites is 1. The van der Waals surface area contributed by atoms with Gasteiger partial charge in [0, 0.05) is 29.1 Å². The Morgan fingerprint density at radius 2 is 1.86 bits per heavy atom. The summed E-state index contributed by atoms with van der Waals surface area (Å²) >= 11 is 0. The van der Waals surface area contributed by atoms with E-state index in [2.05, 4.69) is 10.3 Å². The topological polar surface area (TPSA) is 72.2 Å². The van der Waals surface area contributed by atoms with Gasteiger partial charge in [0.25, 0.3) is 0 Å². The van der Waals surface area contributed by atoms with E-state index < -0.39 is 0 Å². The van der Waals surface area contributed by atoms with E-state index in [9.17, 15) is 9.59 Å². The number of hydrogen-bond acceptors (Lipinski definition) is 5. The number of aldehydes is 1. The van der Waals surface area contributed by atoms with E-state index in [1.165, 1.54) is 6.07 Å². The minimum Gasteiger partial charge on any atom is -0.454 e. The Balaban J connectivity index is 1.86. The van der Waals surface area contributed by atoms with E-state index in [0.717, 1.165) is 23.1 Å². The molecule has 1 unspecified atom stereocenters. The number of aryl methyl sites for hydroxylation is 1. The third kappa shape index (κ3) is 3.67. The predicted octanol–water partition coefficient (Wildman–Crippen LogP) is 5.15. The van der Waals surface area contributed by atoms with Crippen LogP contribution in [-0.4, -0.2) is 11.3 Å². The van der Waals surface area contributed by atoms with Crippen LogP contribution in [0.3, 0.4) is 0 Å². The van der Waals surface area contributed by atoms with E-state index in [-0.39, 0.29) is 11.5 Å². The summed E-state index contributed by atoms with van der Waals surface area (Å²) in [5, 5.41) is 3.89. The van der Waals surface area contributed by atoms with Crippen LogP contribution >= 0.6 is 0 Å². The molecule has 1 N–H and O–H groups in total. The number of rotatable bonds is 5. The molecule has 2 aromatic heterocycles. The number of anilines is 1. The number of nitrogens with one attached hydrogen (secondary N) is 1. The second-order valence-electron chi connectivity index (χ2n) is 6.99. The zero-order valence-corrected chi connectivity index (χ0v) is 16.2. The van der Waals surface area contributed by atoms with Crippen molar-refractivity contribution in [3.8, 4) is 11.5 Å². The zero-order valence-electron chi connectivity index (χ0n) is 16.2. The largest absolute Gasteiger partial charge is 0.454 e. The lowest BCUT2D eigenvalue weighted by Crippen LogP contribution is -2.11. The fourth-order valence-electron chi connectivity index (χ4n) is 3.43. The first-order valence-corrected chi connectivity index (χ1v) is 9.37. The molecule has 4 aromatic rings. The van der Waals surface area contributed by atoms with Crippen molar-refractivity contribution in [1.29, 1.82) is 0 Å². The van der Waals surface area contributed by atoms with Crippen molar-refractivity contribution in [2.75, 3.05) is 5.32 Å². The van der Waals surface area contributed by atoms with Crippen molar-refractivity contribution >= 4 is 22.9 Å². The molecule has 0 saturated heterocycles. The van der Waals surface area contributed by atoms with Crippen LogP contribution in [0.15, 0.2) is 76.1 Å². The monoisotopic (exact) mass is 384 g/mol. The van der Waals surface area contributed by atoms with Gasteiger partial charge in [-0.25, -0.2) is 0 Å². The maximum atomic E-state index is 12.8. The Morgan fingerprint density at radius 1 is 1.07 bits per heavy atom. The van der Waals surface area contributed by atoms with Gasteiger partial charge in [0.15, 0.2) is 17.5 Å². The molecule has 29 heavy (non-hydrogen) atoms. The molecule has 5 nitrogen and oxygen atoms in total. The summed E-state index contributed by atoms with van der Waals surface area (Å²) < 4.78 is 6.16. The Hall–Kier alpha value is -3.73. The highest BCUT2D eigenvalue weighted by Gasteiger charge is 2.17. The molecule has 2 aromatic carbocycles. The van der Waals surface area contributed by atoms with Crippen LogP contribution in [0.2, 0.25) is 0 Å². The summed E-state index contributed by atoms with van der Waals surface area (Å²) in [5.41, 5.74) is 4.12. The van der Waals surface area contributed by atoms with Gasteiger partial charge in [-0.05, 0) is 49.7 Å². The first-order valence-electron chi connectivity index (χ1n) is 9.37. The summed E-state index contributed by atoms with van der Waals surface area (Å²) in [7, 11) is 0. The number of aromatic nitrogens is 1. The van der Waals surface area contributed by atoms with Crippen LogP contribution in [-0.2, 0) is 0 Å². The van der Waals surface area contributed by atoms with Crippen molar-refractivity contribution in [3.05, 3.63) is 93.8 Å². The fourth-order valence-corrected chi connectivity index (χ4v) is 3.43. The Kier molecular flexibility index (Phi) is 4.96. The third-order valence-electron chi connectivity index (χ3n) is 4.85. The number of carbonyl (C=O) groups excluding carboxylic acids is 1. The van der Waals surface area contributed by atoms with Gasteiger partial charge in [-0.1, -0.05) is 24.3 Å². The molecular formula is C24H20N2O3. The standard InChI is InChI=1S/C24H20N2O3/c1-15-11-18(16(2)26-20-8-4-3-7-17(20)14-27)24-19(12-15)22(28)13-23(29-24)21-9-5-6-10-25-21/h3-14,16,26H,1-2H3. The summed E-state index contributed by atoms with van der Waals surface area (Å²) in [5.74, 6) is 0.425. The molecule has 1 atom stereocenters. The lowest BCUT2D eigenvalue weighted by atomic mass is 10.0. The smallest absolute Gasteiger partial charge is 0.193 e. The van der Waals surface area contributed by atoms with Crippen molar-refractivity contribution in [3.63, 3.8) is 0 Å². The minimum atomic E-state index is -0.194. The van der Waals surface area contributed by atoms with Gasteiger partial charge in [0.05, 0.1) is 11.4 Å². The molecule has 0 spiro atoms. The number of fused-ring (bicyclic) bond motifs is 1. The van der Waals surface area contributed by atoms with Crippen LogP contribution in [0, 0.1) is 6.92 Å². The second kappa shape index (κ2) is 7.72. The average Bonchev–Trinajstić information content (AvgIpc) is 2.74. The molecule has 0 bridgehead atoms. The fraction of sp³-hybridized carbons (Fsp3) is 0.125. The molecule has 0 radical (unpaired) electrons. The third-order valence-corrected chi connectivity index (χ3v) is 4.85. The number of pyridine rings is 1. The van der Waals surface area contributed by atoms with E-state index in [1.54, 1.807) is 18.3 Å². The highest BCUT2D eigenvalue weighted by molar-refractivity contribution is 5.85. The number of hydrogen-bond donors (Lipinski definition) is 1. The minimum absolute atomic E-state index is 0.114. The Morgan fingerprint density at radius 3 is 2.62 bits per heavy atom. The molecule has 0 aliphatic carbocycles. The van der Waals surface area contributed by atoms with Crippen LogP contribution in [0.4, 0.5) is 5.69 Å².